The maximum atomic E-state index is 10.1. The molecule has 0 fully saturated rings. The zero-order chi connectivity index (χ0) is 3.41. The Hall–Kier alpha value is 0.0674. The van der Waals surface area contributed by atoms with Crippen molar-refractivity contribution in [2.45, 2.75) is 0 Å². The Labute approximate surface area is 41.9 Å². The Balaban J connectivity index is 0. The minimum Gasteiger partial charge on any atom is -0.303 e. The fourth-order valence-electron chi connectivity index (χ4n) is 0. The molecule has 1 radical (unpaired) electrons. The SMILES string of the molecule is C=COF.[Li]. The van der Waals surface area contributed by atoms with E-state index in [9.17, 15) is 4.53 Å². The molecule has 0 aliphatic rings. The molecule has 0 aliphatic carbocycles. The van der Waals surface area contributed by atoms with E-state index in [1.807, 2.05) is 0 Å². The maximum Gasteiger partial charge on any atom is 0.128 e. The summed E-state index contributed by atoms with van der Waals surface area (Å²) in [5.41, 5.74) is 0. The molecule has 0 amide bonds. The van der Waals surface area contributed by atoms with Gasteiger partial charge in [-0.25, -0.2) is 0 Å². The smallest absolute Gasteiger partial charge is 0.128 e. The van der Waals surface area contributed by atoms with Gasteiger partial charge in [0.25, 0.3) is 0 Å². The van der Waals surface area contributed by atoms with Crippen molar-refractivity contribution < 1.29 is 9.47 Å². The van der Waals surface area contributed by atoms with Crippen molar-refractivity contribution in [1.82, 2.24) is 0 Å². The normalized spacial score (nSPS) is 4.20. The van der Waals surface area contributed by atoms with Crippen LogP contribution in [0.3, 0.4) is 0 Å². The maximum absolute atomic E-state index is 10.1. The van der Waals surface area contributed by atoms with E-state index in [0.717, 1.165) is 0 Å². The van der Waals surface area contributed by atoms with Crippen LogP contribution in [-0.4, -0.2) is 18.9 Å². The fourth-order valence-corrected chi connectivity index (χ4v) is 0. The molecule has 0 saturated heterocycles. The van der Waals surface area contributed by atoms with Crippen LogP contribution in [0.2, 0.25) is 0 Å². The largest absolute Gasteiger partial charge is 0.303 e. The first-order valence-corrected chi connectivity index (χ1v) is 0.798. The van der Waals surface area contributed by atoms with Gasteiger partial charge < -0.3 is 4.94 Å². The Morgan fingerprint density at radius 1 is 1.80 bits per heavy atom. The second-order valence-electron chi connectivity index (χ2n) is 0.256. The first-order valence-electron chi connectivity index (χ1n) is 0.798. The Morgan fingerprint density at radius 3 is 2.00 bits per heavy atom. The minimum atomic E-state index is 0. The Bertz CT molecular complexity index is 23.6. The Morgan fingerprint density at radius 2 is 2.00 bits per heavy atom. The van der Waals surface area contributed by atoms with Crippen molar-refractivity contribution in [3.05, 3.63) is 12.8 Å². The van der Waals surface area contributed by atoms with E-state index >= 15 is 0 Å². The summed E-state index contributed by atoms with van der Waals surface area (Å²) < 4.78 is 10.1. The summed E-state index contributed by atoms with van der Waals surface area (Å²) in [5.74, 6) is 0. The van der Waals surface area contributed by atoms with Crippen LogP contribution in [0.4, 0.5) is 4.53 Å². The average Bonchev–Trinajstić information content (AvgIpc) is 1.37. The predicted octanol–water partition coefficient (Wildman–Crippen LogP) is 0.650. The number of hydrogen-bond acceptors (Lipinski definition) is 1. The molecule has 0 N–H and O–H groups in total. The molecular weight excluding hydrogens is 66.0 g/mol. The van der Waals surface area contributed by atoms with Crippen LogP contribution in [-0.2, 0) is 4.94 Å². The molecule has 0 aliphatic heterocycles. The molecule has 0 bridgehead atoms. The van der Waals surface area contributed by atoms with Crippen molar-refractivity contribution in [3.8, 4) is 0 Å². The van der Waals surface area contributed by atoms with Crippen LogP contribution in [0, 0.1) is 0 Å². The van der Waals surface area contributed by atoms with Gasteiger partial charge in [0.05, 0.1) is 0 Å². The predicted molar refractivity (Wildman–Crippen MR) is 18.1 cm³/mol. The van der Waals surface area contributed by atoms with Crippen LogP contribution < -0.4 is 0 Å². The van der Waals surface area contributed by atoms with E-state index in [4.69, 9.17) is 0 Å². The molecular formula is C2H3FLiO. The molecule has 0 saturated carbocycles. The fraction of sp³-hybridized carbons (Fsp3) is 0. The van der Waals surface area contributed by atoms with E-state index in [0.29, 0.717) is 6.26 Å². The van der Waals surface area contributed by atoms with Crippen molar-refractivity contribution in [2.75, 3.05) is 0 Å². The zero-order valence-corrected chi connectivity index (χ0v) is 3.07. The van der Waals surface area contributed by atoms with Crippen LogP contribution in [0.5, 0.6) is 0 Å². The molecule has 0 aromatic heterocycles. The minimum absolute atomic E-state index is 0. The van der Waals surface area contributed by atoms with E-state index in [-0.39, 0.29) is 18.9 Å². The quantitative estimate of drug-likeness (QED) is 0.324. The first kappa shape index (κ1) is 8.91. The average molecular weight is 69.0 g/mol. The van der Waals surface area contributed by atoms with Gasteiger partial charge >= 0.3 is 0 Å². The summed E-state index contributed by atoms with van der Waals surface area (Å²) in [6, 6.07) is 0. The molecule has 1 nitrogen and oxygen atoms in total. The summed E-state index contributed by atoms with van der Waals surface area (Å²) in [7, 11) is 0. The van der Waals surface area contributed by atoms with Crippen molar-refractivity contribution in [3.63, 3.8) is 0 Å². The molecule has 0 spiro atoms. The van der Waals surface area contributed by atoms with Gasteiger partial charge in [-0.1, -0.05) is 6.58 Å². The second kappa shape index (κ2) is 8.95. The van der Waals surface area contributed by atoms with Crippen LogP contribution >= 0.6 is 0 Å². The van der Waals surface area contributed by atoms with Crippen molar-refractivity contribution >= 4 is 18.9 Å². The molecule has 3 heteroatoms. The summed E-state index contributed by atoms with van der Waals surface area (Å²) in [4.78, 5) is 2.81. The number of halogens is 1. The summed E-state index contributed by atoms with van der Waals surface area (Å²) in [6.45, 7) is 2.88. The van der Waals surface area contributed by atoms with Crippen LogP contribution in [0.15, 0.2) is 12.8 Å². The first-order chi connectivity index (χ1) is 1.91. The van der Waals surface area contributed by atoms with Crippen molar-refractivity contribution in [2.24, 2.45) is 0 Å². The third-order valence-corrected chi connectivity index (χ3v) is 0.0630. The van der Waals surface area contributed by atoms with Gasteiger partial charge in [-0.05, 0) is 0 Å². The summed E-state index contributed by atoms with van der Waals surface area (Å²) in [5, 5.41) is 0. The zero-order valence-electron chi connectivity index (χ0n) is 3.07. The van der Waals surface area contributed by atoms with E-state index in [2.05, 4.69) is 11.5 Å². The molecule has 5 heavy (non-hydrogen) atoms. The van der Waals surface area contributed by atoms with Gasteiger partial charge in [0.15, 0.2) is 0 Å². The molecule has 0 rings (SSSR count). The molecule has 0 unspecified atom stereocenters. The molecule has 0 heterocycles. The van der Waals surface area contributed by atoms with Gasteiger partial charge in [-0.2, -0.15) is 0 Å². The van der Waals surface area contributed by atoms with E-state index in [1.165, 1.54) is 0 Å². The third kappa shape index (κ3) is 15.3. The monoisotopic (exact) mass is 69.0 g/mol. The molecule has 0 atom stereocenters. The topological polar surface area (TPSA) is 9.23 Å². The van der Waals surface area contributed by atoms with Gasteiger partial charge in [0.2, 0.25) is 0 Å². The van der Waals surface area contributed by atoms with E-state index in [1.54, 1.807) is 0 Å². The van der Waals surface area contributed by atoms with Crippen molar-refractivity contribution in [1.29, 1.82) is 0 Å². The van der Waals surface area contributed by atoms with Gasteiger partial charge in [-0.3, -0.25) is 0 Å². The second-order valence-corrected chi connectivity index (χ2v) is 0.256. The molecule has 0 aromatic rings. The number of rotatable bonds is 1. The van der Waals surface area contributed by atoms with Crippen LogP contribution in [0.25, 0.3) is 0 Å². The summed E-state index contributed by atoms with van der Waals surface area (Å²) in [6.07, 6.45) is 0.708. The molecule has 25 valence electrons. The van der Waals surface area contributed by atoms with Crippen LogP contribution in [0.1, 0.15) is 0 Å². The molecule has 0 aromatic carbocycles. The van der Waals surface area contributed by atoms with Gasteiger partial charge in [-0.15, -0.1) is 0 Å². The van der Waals surface area contributed by atoms with E-state index < -0.39 is 0 Å². The van der Waals surface area contributed by atoms with Gasteiger partial charge in [0.1, 0.15) is 6.26 Å². The van der Waals surface area contributed by atoms with Gasteiger partial charge in [0, 0.05) is 23.4 Å². The Kier molecular flexibility index (Phi) is 16.0. The summed E-state index contributed by atoms with van der Waals surface area (Å²) >= 11 is 0. The standard InChI is InChI=1S/C2H3FO.Li/c1-2-4-3;/h2H,1H2;. The number of hydrogen-bond donors (Lipinski definition) is 0. The third-order valence-electron chi connectivity index (χ3n) is 0.0630.